The van der Waals surface area contributed by atoms with Gasteiger partial charge < -0.3 is 10.2 Å². The van der Waals surface area contributed by atoms with E-state index in [0.29, 0.717) is 0 Å². The van der Waals surface area contributed by atoms with E-state index in [2.05, 4.69) is 21.4 Å². The minimum absolute atomic E-state index is 0.720. The molecule has 0 atom stereocenters. The van der Waals surface area contributed by atoms with Crippen molar-refractivity contribution in [2.24, 2.45) is 0 Å². The molecule has 98 valence electrons. The van der Waals surface area contributed by atoms with Crippen LogP contribution in [0.1, 0.15) is 32.1 Å². The van der Waals surface area contributed by atoms with E-state index in [1.54, 1.807) is 11.8 Å². The Hall–Kier alpha value is -1.58. The Morgan fingerprint density at radius 2 is 2.22 bits per heavy atom. The fourth-order valence-electron chi connectivity index (χ4n) is 2.15. The fraction of sp³-hybridized carbons (Fsp3) is 0.571. The van der Waals surface area contributed by atoms with E-state index in [1.165, 1.54) is 25.7 Å². The molecule has 1 aromatic rings. The second kappa shape index (κ2) is 6.38. The average molecular weight is 246 g/mol. The van der Waals surface area contributed by atoms with Crippen LogP contribution < -0.4 is 10.2 Å². The Morgan fingerprint density at radius 1 is 1.33 bits per heavy atom. The zero-order valence-electron chi connectivity index (χ0n) is 11.3. The first kappa shape index (κ1) is 12.9. The number of hydrogen-bond donors (Lipinski definition) is 1. The maximum atomic E-state index is 4.44. The molecule has 0 saturated carbocycles. The van der Waals surface area contributed by atoms with Gasteiger partial charge in [-0.2, -0.15) is 4.98 Å². The number of nitrogens with one attached hydrogen (secondary N) is 1. The SMILES string of the molecule is CN(C)c1ccnc(NCCC2=CCCCC2)n1. The predicted molar refractivity (Wildman–Crippen MR) is 76.0 cm³/mol. The van der Waals surface area contributed by atoms with Gasteiger partial charge in [-0.15, -0.1) is 0 Å². The fourth-order valence-corrected chi connectivity index (χ4v) is 2.15. The van der Waals surface area contributed by atoms with Gasteiger partial charge in [-0.1, -0.05) is 11.6 Å². The standard InChI is InChI=1S/C14H22N4/c1-18(2)13-9-11-16-14(17-13)15-10-8-12-6-4-3-5-7-12/h6,9,11H,3-5,7-8,10H2,1-2H3,(H,15,16,17). The summed E-state index contributed by atoms with van der Waals surface area (Å²) in [6, 6.07) is 1.91. The molecular weight excluding hydrogens is 224 g/mol. The topological polar surface area (TPSA) is 41.1 Å². The largest absolute Gasteiger partial charge is 0.363 e. The number of allylic oxidation sites excluding steroid dienone is 1. The summed E-state index contributed by atoms with van der Waals surface area (Å²) in [6.45, 7) is 0.919. The van der Waals surface area contributed by atoms with Crippen molar-refractivity contribution >= 4 is 11.8 Å². The molecule has 4 heteroatoms. The highest BCUT2D eigenvalue weighted by molar-refractivity contribution is 5.40. The van der Waals surface area contributed by atoms with Gasteiger partial charge in [0.05, 0.1) is 0 Å². The number of nitrogens with zero attached hydrogens (tertiary/aromatic N) is 3. The lowest BCUT2D eigenvalue weighted by molar-refractivity contribution is 0.679. The molecule has 18 heavy (non-hydrogen) atoms. The minimum Gasteiger partial charge on any atom is -0.363 e. The van der Waals surface area contributed by atoms with Gasteiger partial charge >= 0.3 is 0 Å². The molecule has 0 unspecified atom stereocenters. The highest BCUT2D eigenvalue weighted by Gasteiger charge is 2.04. The van der Waals surface area contributed by atoms with Crippen LogP contribution in [0.3, 0.4) is 0 Å². The highest BCUT2D eigenvalue weighted by atomic mass is 15.2. The average Bonchev–Trinajstić information content (AvgIpc) is 2.40. The summed E-state index contributed by atoms with van der Waals surface area (Å²) in [6.07, 6.45) is 10.5. The maximum Gasteiger partial charge on any atom is 0.224 e. The van der Waals surface area contributed by atoms with Crippen LogP contribution >= 0.6 is 0 Å². The van der Waals surface area contributed by atoms with Gasteiger partial charge in [-0.25, -0.2) is 4.98 Å². The highest BCUT2D eigenvalue weighted by Crippen LogP contribution is 2.19. The third-order valence-electron chi connectivity index (χ3n) is 3.21. The molecule has 1 aliphatic carbocycles. The summed E-state index contributed by atoms with van der Waals surface area (Å²) < 4.78 is 0. The third kappa shape index (κ3) is 3.72. The van der Waals surface area contributed by atoms with E-state index in [0.717, 1.165) is 24.7 Å². The van der Waals surface area contributed by atoms with E-state index in [1.807, 2.05) is 25.1 Å². The molecule has 1 aromatic heterocycles. The summed E-state index contributed by atoms with van der Waals surface area (Å²) in [7, 11) is 3.97. The molecule has 1 aliphatic rings. The van der Waals surface area contributed by atoms with E-state index < -0.39 is 0 Å². The molecule has 0 amide bonds. The molecule has 0 spiro atoms. The number of aromatic nitrogens is 2. The van der Waals surface area contributed by atoms with Crippen LogP contribution in [0.4, 0.5) is 11.8 Å². The van der Waals surface area contributed by atoms with Crippen molar-refractivity contribution < 1.29 is 0 Å². The van der Waals surface area contributed by atoms with Crippen molar-refractivity contribution in [2.75, 3.05) is 30.9 Å². The van der Waals surface area contributed by atoms with Gasteiger partial charge in [0.2, 0.25) is 5.95 Å². The Morgan fingerprint density at radius 3 is 2.94 bits per heavy atom. The minimum atomic E-state index is 0.720. The van der Waals surface area contributed by atoms with Crippen LogP contribution in [-0.4, -0.2) is 30.6 Å². The normalized spacial score (nSPS) is 15.1. The van der Waals surface area contributed by atoms with E-state index >= 15 is 0 Å². The number of rotatable bonds is 5. The number of anilines is 2. The molecule has 0 aromatic carbocycles. The van der Waals surface area contributed by atoms with Gasteiger partial charge in [-0.3, -0.25) is 0 Å². The lowest BCUT2D eigenvalue weighted by Gasteiger charge is -2.14. The molecule has 0 aliphatic heterocycles. The van der Waals surface area contributed by atoms with Crippen molar-refractivity contribution in [3.8, 4) is 0 Å². The number of hydrogen-bond acceptors (Lipinski definition) is 4. The summed E-state index contributed by atoms with van der Waals surface area (Å²) in [5.41, 5.74) is 1.58. The third-order valence-corrected chi connectivity index (χ3v) is 3.21. The summed E-state index contributed by atoms with van der Waals surface area (Å²) in [4.78, 5) is 10.7. The van der Waals surface area contributed by atoms with Crippen LogP contribution in [0, 0.1) is 0 Å². The summed E-state index contributed by atoms with van der Waals surface area (Å²) in [5.74, 6) is 1.65. The molecule has 4 nitrogen and oxygen atoms in total. The molecule has 1 heterocycles. The first-order valence-electron chi connectivity index (χ1n) is 6.68. The van der Waals surface area contributed by atoms with E-state index in [4.69, 9.17) is 0 Å². The van der Waals surface area contributed by atoms with E-state index in [9.17, 15) is 0 Å². The van der Waals surface area contributed by atoms with Crippen molar-refractivity contribution in [3.63, 3.8) is 0 Å². The zero-order chi connectivity index (χ0) is 12.8. The first-order valence-corrected chi connectivity index (χ1v) is 6.68. The molecule has 0 bridgehead atoms. The van der Waals surface area contributed by atoms with Gasteiger partial charge in [0.1, 0.15) is 5.82 Å². The summed E-state index contributed by atoms with van der Waals surface area (Å²) in [5, 5.41) is 3.30. The molecule has 1 N–H and O–H groups in total. The monoisotopic (exact) mass is 246 g/mol. The van der Waals surface area contributed by atoms with Crippen molar-refractivity contribution in [1.82, 2.24) is 9.97 Å². The maximum absolute atomic E-state index is 4.44. The molecule has 0 fully saturated rings. The Labute approximate surface area is 109 Å². The Kier molecular flexibility index (Phi) is 4.56. The van der Waals surface area contributed by atoms with Gasteiger partial charge in [-0.05, 0) is 38.2 Å². The quantitative estimate of drug-likeness (QED) is 0.811. The van der Waals surface area contributed by atoms with Crippen LogP contribution in [0.25, 0.3) is 0 Å². The van der Waals surface area contributed by atoms with Gasteiger partial charge in [0, 0.05) is 26.8 Å². The Balaban J connectivity index is 1.82. The smallest absolute Gasteiger partial charge is 0.224 e. The predicted octanol–water partition coefficient (Wildman–Crippen LogP) is 2.85. The van der Waals surface area contributed by atoms with E-state index in [-0.39, 0.29) is 0 Å². The Bertz CT molecular complexity index is 412. The second-order valence-electron chi connectivity index (χ2n) is 4.92. The zero-order valence-corrected chi connectivity index (χ0v) is 11.3. The molecular formula is C14H22N4. The van der Waals surface area contributed by atoms with Crippen molar-refractivity contribution in [1.29, 1.82) is 0 Å². The second-order valence-corrected chi connectivity index (χ2v) is 4.92. The molecule has 0 saturated heterocycles. The van der Waals surface area contributed by atoms with Crippen LogP contribution in [0.5, 0.6) is 0 Å². The molecule has 2 rings (SSSR count). The van der Waals surface area contributed by atoms with Crippen molar-refractivity contribution in [2.45, 2.75) is 32.1 Å². The van der Waals surface area contributed by atoms with Crippen LogP contribution in [0.2, 0.25) is 0 Å². The first-order chi connectivity index (χ1) is 8.75. The summed E-state index contributed by atoms with van der Waals surface area (Å²) >= 11 is 0. The lowest BCUT2D eigenvalue weighted by atomic mass is 9.97. The lowest BCUT2D eigenvalue weighted by Crippen LogP contribution is -2.13. The van der Waals surface area contributed by atoms with Crippen molar-refractivity contribution in [3.05, 3.63) is 23.9 Å². The molecule has 0 radical (unpaired) electrons. The van der Waals surface area contributed by atoms with Gasteiger partial charge in [0.15, 0.2) is 0 Å². The van der Waals surface area contributed by atoms with Gasteiger partial charge in [0.25, 0.3) is 0 Å². The van der Waals surface area contributed by atoms with Crippen LogP contribution in [0.15, 0.2) is 23.9 Å². The van der Waals surface area contributed by atoms with Crippen LogP contribution in [-0.2, 0) is 0 Å².